The van der Waals surface area contributed by atoms with Crippen LogP contribution in [0.1, 0.15) is 57.9 Å². The zero-order chi connectivity index (χ0) is 12.0. The summed E-state index contributed by atoms with van der Waals surface area (Å²) in [6.45, 7) is 6.64. The van der Waals surface area contributed by atoms with Crippen molar-refractivity contribution in [3.8, 4) is 0 Å². The van der Waals surface area contributed by atoms with Crippen LogP contribution in [0.4, 0.5) is 0 Å². The van der Waals surface area contributed by atoms with Crippen LogP contribution in [0.25, 0.3) is 0 Å². The molecule has 2 N–H and O–H groups in total. The van der Waals surface area contributed by atoms with Gasteiger partial charge in [0.1, 0.15) is 0 Å². The van der Waals surface area contributed by atoms with E-state index < -0.39 is 0 Å². The van der Waals surface area contributed by atoms with Gasteiger partial charge in [0.25, 0.3) is 0 Å². The van der Waals surface area contributed by atoms with E-state index in [1.807, 2.05) is 0 Å². The molecule has 1 unspecified atom stereocenters. The number of benzene rings is 1. The fourth-order valence-corrected chi connectivity index (χ4v) is 2.50. The topological polar surface area (TPSA) is 26.0 Å². The zero-order valence-electron chi connectivity index (χ0n) is 11.3. The molecule has 1 aromatic carbocycles. The van der Waals surface area contributed by atoms with E-state index in [9.17, 15) is 0 Å². The molecule has 98 valence electrons. The van der Waals surface area contributed by atoms with Crippen molar-refractivity contribution in [1.29, 1.82) is 0 Å². The minimum absolute atomic E-state index is 0. The molecule has 1 rings (SSSR count). The molecule has 0 saturated heterocycles. The second-order valence-electron chi connectivity index (χ2n) is 4.69. The van der Waals surface area contributed by atoms with E-state index in [-0.39, 0.29) is 17.9 Å². The highest BCUT2D eigenvalue weighted by atomic mass is 35.5. The summed E-state index contributed by atoms with van der Waals surface area (Å²) in [6, 6.07) is 10.7. The largest absolute Gasteiger partial charge is 0.325 e. The van der Waals surface area contributed by atoms with E-state index >= 15 is 0 Å². The Balaban J connectivity index is 0.00000256. The summed E-state index contributed by atoms with van der Waals surface area (Å²) in [4.78, 5) is 0. The van der Waals surface area contributed by atoms with Crippen molar-refractivity contribution in [2.45, 2.75) is 57.9 Å². The third-order valence-electron chi connectivity index (χ3n) is 3.79. The summed E-state index contributed by atoms with van der Waals surface area (Å²) >= 11 is 0. The lowest BCUT2D eigenvalue weighted by atomic mass is 9.74. The Morgan fingerprint density at radius 1 is 1.06 bits per heavy atom. The highest BCUT2D eigenvalue weighted by molar-refractivity contribution is 5.85. The molecule has 0 heterocycles. The van der Waals surface area contributed by atoms with Gasteiger partial charge in [0.05, 0.1) is 0 Å². The van der Waals surface area contributed by atoms with Crippen LogP contribution in [-0.4, -0.2) is 5.54 Å². The van der Waals surface area contributed by atoms with Crippen molar-refractivity contribution in [2.75, 3.05) is 0 Å². The molecule has 2 heteroatoms. The Labute approximate surface area is 112 Å². The smallest absolute Gasteiger partial charge is 0.0218 e. The average molecular weight is 256 g/mol. The van der Waals surface area contributed by atoms with Crippen molar-refractivity contribution in [1.82, 2.24) is 0 Å². The number of halogens is 1. The van der Waals surface area contributed by atoms with E-state index in [2.05, 4.69) is 51.1 Å². The van der Waals surface area contributed by atoms with Gasteiger partial charge in [-0.05, 0) is 24.8 Å². The van der Waals surface area contributed by atoms with Crippen LogP contribution in [0.5, 0.6) is 0 Å². The van der Waals surface area contributed by atoms with Crippen LogP contribution in [0, 0.1) is 0 Å². The quantitative estimate of drug-likeness (QED) is 0.795. The molecule has 1 aromatic rings. The van der Waals surface area contributed by atoms with Gasteiger partial charge in [-0.1, -0.05) is 57.5 Å². The van der Waals surface area contributed by atoms with Crippen LogP contribution in [0.2, 0.25) is 0 Å². The summed E-state index contributed by atoms with van der Waals surface area (Å²) in [5, 5.41) is 0. The average Bonchev–Trinajstić information content (AvgIpc) is 2.36. The first-order valence-corrected chi connectivity index (χ1v) is 6.51. The lowest BCUT2D eigenvalue weighted by Gasteiger charge is -2.36. The molecule has 0 aromatic heterocycles. The number of hydrogen-bond acceptors (Lipinski definition) is 1. The zero-order valence-corrected chi connectivity index (χ0v) is 12.1. The number of nitrogens with two attached hydrogens (primary N) is 1. The molecule has 0 aliphatic carbocycles. The molecule has 1 nitrogen and oxygen atoms in total. The lowest BCUT2D eigenvalue weighted by Crippen LogP contribution is -2.44. The summed E-state index contributed by atoms with van der Waals surface area (Å²) in [6.07, 6.45) is 4.47. The van der Waals surface area contributed by atoms with Crippen LogP contribution in [-0.2, 0) is 0 Å². The minimum atomic E-state index is -0.0443. The number of rotatable bonds is 6. The molecular weight excluding hydrogens is 230 g/mol. The summed E-state index contributed by atoms with van der Waals surface area (Å²) in [7, 11) is 0. The van der Waals surface area contributed by atoms with E-state index in [1.165, 1.54) is 18.4 Å². The molecule has 0 spiro atoms. The maximum atomic E-state index is 6.56. The van der Waals surface area contributed by atoms with E-state index in [4.69, 9.17) is 5.73 Å². The fourth-order valence-electron chi connectivity index (χ4n) is 2.50. The number of hydrogen-bond donors (Lipinski definition) is 1. The van der Waals surface area contributed by atoms with Gasteiger partial charge in [0.15, 0.2) is 0 Å². The van der Waals surface area contributed by atoms with Crippen molar-refractivity contribution in [3.05, 3.63) is 35.9 Å². The molecule has 0 fully saturated rings. The van der Waals surface area contributed by atoms with Crippen LogP contribution in [0.15, 0.2) is 30.3 Å². The van der Waals surface area contributed by atoms with Gasteiger partial charge in [0, 0.05) is 11.5 Å². The van der Waals surface area contributed by atoms with Gasteiger partial charge in [-0.15, -0.1) is 12.4 Å². The first-order valence-electron chi connectivity index (χ1n) is 6.51. The fraction of sp³-hybridized carbons (Fsp3) is 0.600. The third-order valence-corrected chi connectivity index (χ3v) is 3.79. The van der Waals surface area contributed by atoms with Crippen molar-refractivity contribution in [3.63, 3.8) is 0 Å². The van der Waals surface area contributed by atoms with Crippen LogP contribution < -0.4 is 5.73 Å². The normalized spacial score (nSPS) is 12.9. The predicted octanol–water partition coefficient (Wildman–Crippen LogP) is 4.51. The van der Waals surface area contributed by atoms with Gasteiger partial charge < -0.3 is 5.73 Å². The van der Waals surface area contributed by atoms with Crippen molar-refractivity contribution in [2.24, 2.45) is 5.73 Å². The molecule has 0 amide bonds. The van der Waals surface area contributed by atoms with Gasteiger partial charge in [0.2, 0.25) is 0 Å². The Hall–Kier alpha value is -0.530. The van der Waals surface area contributed by atoms with Gasteiger partial charge in [-0.3, -0.25) is 0 Å². The van der Waals surface area contributed by atoms with Gasteiger partial charge >= 0.3 is 0 Å². The monoisotopic (exact) mass is 255 g/mol. The predicted molar refractivity (Wildman–Crippen MR) is 78.8 cm³/mol. The standard InChI is InChI=1S/C15H25N.ClH/c1-4-10-14(15(16,5-2)6-3)13-11-8-7-9-12-13;/h7-9,11-12,14H,4-6,10,16H2,1-3H3;1H. The van der Waals surface area contributed by atoms with Gasteiger partial charge in [-0.25, -0.2) is 0 Å². The molecule has 0 aliphatic heterocycles. The SMILES string of the molecule is CCCC(c1ccccc1)C(N)(CC)CC.Cl. The third kappa shape index (κ3) is 4.01. The molecular formula is C15H26ClN. The van der Waals surface area contributed by atoms with Crippen LogP contribution in [0.3, 0.4) is 0 Å². The first-order chi connectivity index (χ1) is 7.68. The maximum absolute atomic E-state index is 6.56. The van der Waals surface area contributed by atoms with Crippen LogP contribution >= 0.6 is 12.4 Å². The highest BCUT2D eigenvalue weighted by Gasteiger charge is 2.31. The molecule has 0 saturated carbocycles. The molecule has 0 radical (unpaired) electrons. The Morgan fingerprint density at radius 3 is 2.00 bits per heavy atom. The second kappa shape index (κ2) is 7.73. The maximum Gasteiger partial charge on any atom is 0.0218 e. The highest BCUT2D eigenvalue weighted by Crippen LogP contribution is 2.35. The first kappa shape index (κ1) is 16.5. The second-order valence-corrected chi connectivity index (χ2v) is 4.69. The molecule has 17 heavy (non-hydrogen) atoms. The Bertz CT molecular complexity index is 293. The van der Waals surface area contributed by atoms with E-state index in [1.54, 1.807) is 0 Å². The Morgan fingerprint density at radius 2 is 1.59 bits per heavy atom. The van der Waals surface area contributed by atoms with Crippen molar-refractivity contribution < 1.29 is 0 Å². The van der Waals surface area contributed by atoms with Gasteiger partial charge in [-0.2, -0.15) is 0 Å². The van der Waals surface area contributed by atoms with E-state index in [0.717, 1.165) is 12.8 Å². The minimum Gasteiger partial charge on any atom is -0.325 e. The Kier molecular flexibility index (Phi) is 7.49. The van der Waals surface area contributed by atoms with Crippen molar-refractivity contribution >= 4 is 12.4 Å². The summed E-state index contributed by atoms with van der Waals surface area (Å²) < 4.78 is 0. The molecule has 0 aliphatic rings. The summed E-state index contributed by atoms with van der Waals surface area (Å²) in [5.74, 6) is 0.494. The lowest BCUT2D eigenvalue weighted by molar-refractivity contribution is 0.305. The molecule has 1 atom stereocenters. The van der Waals surface area contributed by atoms with E-state index in [0.29, 0.717) is 5.92 Å². The molecule has 0 bridgehead atoms. The summed E-state index contributed by atoms with van der Waals surface area (Å²) in [5.41, 5.74) is 7.91.